The number of hydrogen-bond donors (Lipinski definition) is 1. The maximum absolute atomic E-state index is 13.8. The lowest BCUT2D eigenvalue weighted by molar-refractivity contribution is -0.158. The summed E-state index contributed by atoms with van der Waals surface area (Å²) in [6.45, 7) is 0.184. The number of fused-ring (bicyclic) bond motifs is 1. The van der Waals surface area contributed by atoms with Gasteiger partial charge < -0.3 is 5.32 Å². The van der Waals surface area contributed by atoms with Crippen molar-refractivity contribution >= 4 is 35.0 Å². The molecular formula is C21H22F3N3O2S. The van der Waals surface area contributed by atoms with Crippen molar-refractivity contribution < 1.29 is 22.8 Å². The predicted molar refractivity (Wildman–Crippen MR) is 112 cm³/mol. The summed E-state index contributed by atoms with van der Waals surface area (Å²) in [6.07, 6.45) is -3.62. The lowest BCUT2D eigenvalue weighted by Gasteiger charge is -2.33. The second-order valence-corrected chi connectivity index (χ2v) is 7.99. The number of amides is 2. The third-order valence-electron chi connectivity index (χ3n) is 4.79. The highest BCUT2D eigenvalue weighted by Crippen LogP contribution is 2.37. The predicted octanol–water partition coefficient (Wildman–Crippen LogP) is 4.15. The topological polar surface area (TPSA) is 52.7 Å². The number of nitrogens with one attached hydrogen (secondary N) is 1. The largest absolute Gasteiger partial charge is 0.409 e. The van der Waals surface area contributed by atoms with Gasteiger partial charge >= 0.3 is 6.18 Å². The van der Waals surface area contributed by atoms with Crippen LogP contribution in [0.2, 0.25) is 0 Å². The third-order valence-corrected chi connectivity index (χ3v) is 5.53. The van der Waals surface area contributed by atoms with E-state index in [1.807, 2.05) is 30.5 Å². The summed E-state index contributed by atoms with van der Waals surface area (Å²) in [5.74, 6) is -1.49. The number of halogens is 3. The van der Waals surface area contributed by atoms with Crippen LogP contribution in [0.15, 0.2) is 53.4 Å². The second kappa shape index (κ2) is 9.09. The van der Waals surface area contributed by atoms with Crippen molar-refractivity contribution in [2.45, 2.75) is 30.1 Å². The number of likely N-dealkylation sites (N-methyl/N-ethyl adjacent to an activating group) is 1. The van der Waals surface area contributed by atoms with Crippen molar-refractivity contribution in [1.82, 2.24) is 4.90 Å². The number of benzene rings is 2. The number of rotatable bonds is 5. The molecule has 0 unspecified atom stereocenters. The Bertz CT molecular complexity index is 918. The van der Waals surface area contributed by atoms with Crippen LogP contribution in [0, 0.1) is 0 Å². The van der Waals surface area contributed by atoms with Crippen LogP contribution in [0.3, 0.4) is 0 Å². The molecule has 2 aromatic carbocycles. The minimum absolute atomic E-state index is 0.0494. The highest BCUT2D eigenvalue weighted by molar-refractivity contribution is 7.98. The molecule has 1 atom stereocenters. The van der Waals surface area contributed by atoms with E-state index < -0.39 is 30.5 Å². The molecule has 0 radical (unpaired) electrons. The Balaban J connectivity index is 1.84. The van der Waals surface area contributed by atoms with E-state index in [9.17, 15) is 22.8 Å². The molecule has 0 spiro atoms. The standard InChI is InChI=1S/C21H22F3N3O2S/c1-26(12-14-7-9-15(30-2)10-8-14)13-20(29)27-17-6-4-3-5-16(17)25-19(28)11-18(27)21(22,23)24/h3-10,18H,11-13H2,1-2H3,(H,25,28)/t18-/m0/s1. The van der Waals surface area contributed by atoms with Crippen LogP contribution in [0.25, 0.3) is 0 Å². The molecule has 0 saturated heterocycles. The van der Waals surface area contributed by atoms with Crippen LogP contribution in [-0.4, -0.2) is 48.8 Å². The maximum Gasteiger partial charge on any atom is 0.409 e. The van der Waals surface area contributed by atoms with Gasteiger partial charge in [0.15, 0.2) is 0 Å². The summed E-state index contributed by atoms with van der Waals surface area (Å²) < 4.78 is 41.3. The molecule has 5 nitrogen and oxygen atoms in total. The zero-order valence-corrected chi connectivity index (χ0v) is 17.4. The van der Waals surface area contributed by atoms with Crippen molar-refractivity contribution in [3.8, 4) is 0 Å². The number of hydrogen-bond acceptors (Lipinski definition) is 4. The maximum atomic E-state index is 13.8. The van der Waals surface area contributed by atoms with Gasteiger partial charge in [0, 0.05) is 11.4 Å². The average molecular weight is 437 g/mol. The molecule has 0 bridgehead atoms. The Morgan fingerprint density at radius 1 is 1.20 bits per heavy atom. The molecule has 0 saturated carbocycles. The Labute approximate surface area is 177 Å². The lowest BCUT2D eigenvalue weighted by atomic mass is 10.1. The zero-order valence-electron chi connectivity index (χ0n) is 16.6. The fourth-order valence-corrected chi connectivity index (χ4v) is 3.81. The molecule has 0 aliphatic carbocycles. The summed E-state index contributed by atoms with van der Waals surface area (Å²) in [7, 11) is 1.68. The van der Waals surface area contributed by atoms with Crippen molar-refractivity contribution in [1.29, 1.82) is 0 Å². The van der Waals surface area contributed by atoms with Crippen molar-refractivity contribution in [3.63, 3.8) is 0 Å². The van der Waals surface area contributed by atoms with Crippen molar-refractivity contribution in [2.24, 2.45) is 0 Å². The number of anilines is 2. The number of para-hydroxylation sites is 2. The zero-order chi connectivity index (χ0) is 21.9. The molecule has 3 rings (SSSR count). The van der Waals surface area contributed by atoms with Crippen LogP contribution < -0.4 is 10.2 Å². The van der Waals surface area contributed by atoms with Gasteiger partial charge in [-0.25, -0.2) is 0 Å². The highest BCUT2D eigenvalue weighted by atomic mass is 32.2. The summed E-state index contributed by atoms with van der Waals surface area (Å²) in [6, 6.07) is 11.6. The van der Waals surface area contributed by atoms with E-state index in [1.54, 1.807) is 35.8 Å². The fraction of sp³-hybridized carbons (Fsp3) is 0.333. The average Bonchev–Trinajstić information content (AvgIpc) is 2.84. The van der Waals surface area contributed by atoms with Gasteiger partial charge in [-0.05, 0) is 43.1 Å². The van der Waals surface area contributed by atoms with Gasteiger partial charge in [-0.2, -0.15) is 13.2 Å². The molecule has 2 aromatic rings. The van der Waals surface area contributed by atoms with Crippen LogP contribution in [0.5, 0.6) is 0 Å². The minimum Gasteiger partial charge on any atom is -0.324 e. The van der Waals surface area contributed by atoms with Gasteiger partial charge in [-0.3, -0.25) is 19.4 Å². The Morgan fingerprint density at radius 3 is 2.50 bits per heavy atom. The van der Waals surface area contributed by atoms with E-state index in [2.05, 4.69) is 5.32 Å². The van der Waals surface area contributed by atoms with E-state index in [4.69, 9.17) is 0 Å². The van der Waals surface area contributed by atoms with Gasteiger partial charge in [0.2, 0.25) is 11.8 Å². The normalized spacial score (nSPS) is 16.8. The van der Waals surface area contributed by atoms with E-state index in [-0.39, 0.29) is 17.9 Å². The first-order valence-electron chi connectivity index (χ1n) is 9.28. The molecule has 1 aliphatic rings. The fourth-order valence-electron chi connectivity index (χ4n) is 3.40. The first kappa shape index (κ1) is 22.2. The van der Waals surface area contributed by atoms with E-state index >= 15 is 0 Å². The molecule has 160 valence electrons. The summed E-state index contributed by atoms with van der Waals surface area (Å²) in [4.78, 5) is 28.5. The molecule has 1 heterocycles. The molecular weight excluding hydrogens is 415 g/mol. The van der Waals surface area contributed by atoms with Crippen LogP contribution >= 0.6 is 11.8 Å². The van der Waals surface area contributed by atoms with E-state index in [0.29, 0.717) is 11.4 Å². The Hall–Kier alpha value is -2.52. The Kier molecular flexibility index (Phi) is 6.72. The number of carbonyl (C=O) groups is 2. The van der Waals surface area contributed by atoms with Gasteiger partial charge in [0.05, 0.1) is 24.3 Å². The van der Waals surface area contributed by atoms with Gasteiger partial charge in [0.1, 0.15) is 6.04 Å². The van der Waals surface area contributed by atoms with Crippen LogP contribution in [0.1, 0.15) is 12.0 Å². The van der Waals surface area contributed by atoms with E-state index in [0.717, 1.165) is 10.5 Å². The summed E-state index contributed by atoms with van der Waals surface area (Å²) >= 11 is 1.61. The Morgan fingerprint density at radius 2 is 1.87 bits per heavy atom. The number of nitrogens with zero attached hydrogens (tertiary/aromatic N) is 2. The first-order chi connectivity index (χ1) is 14.2. The van der Waals surface area contributed by atoms with Crippen LogP contribution in [0.4, 0.5) is 24.5 Å². The number of carbonyl (C=O) groups excluding carboxylic acids is 2. The third kappa shape index (κ3) is 5.14. The van der Waals surface area contributed by atoms with Gasteiger partial charge in [-0.1, -0.05) is 24.3 Å². The first-order valence-corrected chi connectivity index (χ1v) is 10.5. The lowest BCUT2D eigenvalue weighted by Crippen LogP contribution is -2.52. The monoisotopic (exact) mass is 437 g/mol. The quantitative estimate of drug-likeness (QED) is 0.715. The van der Waals surface area contributed by atoms with Crippen LogP contribution in [-0.2, 0) is 16.1 Å². The molecule has 1 N–H and O–H groups in total. The molecule has 9 heteroatoms. The van der Waals surface area contributed by atoms with Gasteiger partial charge in [-0.15, -0.1) is 11.8 Å². The molecule has 30 heavy (non-hydrogen) atoms. The number of thioether (sulfide) groups is 1. The SMILES string of the molecule is CSc1ccc(CN(C)CC(=O)N2c3ccccc3NC(=O)C[C@H]2C(F)(F)F)cc1. The highest BCUT2D eigenvalue weighted by Gasteiger charge is 2.49. The van der Waals surface area contributed by atoms with E-state index in [1.165, 1.54) is 12.1 Å². The second-order valence-electron chi connectivity index (χ2n) is 7.11. The summed E-state index contributed by atoms with van der Waals surface area (Å²) in [5, 5.41) is 2.46. The molecule has 0 fully saturated rings. The minimum atomic E-state index is -4.74. The van der Waals surface area contributed by atoms with Crippen molar-refractivity contribution in [2.75, 3.05) is 30.1 Å². The smallest absolute Gasteiger partial charge is 0.324 e. The number of alkyl halides is 3. The molecule has 1 aliphatic heterocycles. The molecule has 0 aromatic heterocycles. The van der Waals surface area contributed by atoms with Crippen molar-refractivity contribution in [3.05, 3.63) is 54.1 Å². The molecule has 2 amide bonds. The summed E-state index contributed by atoms with van der Waals surface area (Å²) in [5.41, 5.74) is 1.19. The van der Waals surface area contributed by atoms with Gasteiger partial charge in [0.25, 0.3) is 0 Å².